The van der Waals surface area contributed by atoms with E-state index >= 15 is 0 Å². The molecular weight excluding hydrogens is 228 g/mol. The van der Waals surface area contributed by atoms with Crippen LogP contribution in [0.5, 0.6) is 11.8 Å². The summed E-state index contributed by atoms with van der Waals surface area (Å²) in [6, 6.07) is 9.64. The normalized spacial score (nSPS) is 10.7. The number of rotatable bonds is 2. The fourth-order valence-electron chi connectivity index (χ4n) is 1.68. The highest BCUT2D eigenvalue weighted by atomic mass is 16.5. The molecule has 0 radical (unpaired) electrons. The maximum absolute atomic E-state index is 5.70. The average Bonchev–Trinajstić information content (AvgIpc) is 2.73. The van der Waals surface area contributed by atoms with Crippen molar-refractivity contribution < 1.29 is 4.74 Å². The number of anilines is 1. The Labute approximate surface area is 104 Å². The van der Waals surface area contributed by atoms with Gasteiger partial charge in [-0.25, -0.2) is 0 Å². The van der Waals surface area contributed by atoms with E-state index in [0.29, 0.717) is 17.4 Å². The summed E-state index contributed by atoms with van der Waals surface area (Å²) < 4.78 is 5.59. The fraction of sp³-hybridized carbons (Fsp3) is 0.0769. The quantitative estimate of drug-likeness (QED) is 0.675. The number of ether oxygens (including phenoxy) is 1. The lowest BCUT2D eigenvalue weighted by Crippen LogP contribution is -1.87. The first-order chi connectivity index (χ1) is 8.70. The summed E-state index contributed by atoms with van der Waals surface area (Å²) in [5.74, 6) is 0.646. The van der Waals surface area contributed by atoms with Gasteiger partial charge in [0.2, 0.25) is 0 Å². The second-order valence-corrected chi connectivity index (χ2v) is 4.06. The Bertz CT molecular complexity index is 688. The summed E-state index contributed by atoms with van der Waals surface area (Å²) in [7, 11) is 0. The predicted octanol–water partition coefficient (Wildman–Crippen LogP) is 2.64. The third-order valence-corrected chi connectivity index (χ3v) is 2.58. The number of aromatic nitrogens is 3. The Morgan fingerprint density at radius 1 is 1.22 bits per heavy atom. The molecule has 90 valence electrons. The summed E-state index contributed by atoms with van der Waals surface area (Å²) in [4.78, 5) is 11.5. The molecule has 0 unspecified atom stereocenters. The molecule has 3 aromatic rings. The number of fused-ring (bicyclic) bond motifs is 1. The Hall–Kier alpha value is -2.56. The molecule has 3 rings (SSSR count). The van der Waals surface area contributed by atoms with Crippen LogP contribution >= 0.6 is 0 Å². The monoisotopic (exact) mass is 240 g/mol. The van der Waals surface area contributed by atoms with Gasteiger partial charge < -0.3 is 15.5 Å². The lowest BCUT2D eigenvalue weighted by atomic mass is 10.3. The SMILES string of the molecule is Cc1ccc(Oc2nc3ccc(N)cc3[nH]2)cn1. The van der Waals surface area contributed by atoms with Gasteiger partial charge in [-0.05, 0) is 37.3 Å². The fourth-order valence-corrected chi connectivity index (χ4v) is 1.68. The first-order valence-electron chi connectivity index (χ1n) is 5.56. The summed E-state index contributed by atoms with van der Waals surface area (Å²) in [5, 5.41) is 0. The zero-order valence-corrected chi connectivity index (χ0v) is 9.84. The van der Waals surface area contributed by atoms with E-state index in [4.69, 9.17) is 10.5 Å². The van der Waals surface area contributed by atoms with E-state index in [0.717, 1.165) is 16.7 Å². The van der Waals surface area contributed by atoms with Gasteiger partial charge >= 0.3 is 0 Å². The van der Waals surface area contributed by atoms with Crippen molar-refractivity contribution in [3.8, 4) is 11.8 Å². The zero-order chi connectivity index (χ0) is 12.5. The molecule has 0 saturated carbocycles. The highest BCUT2D eigenvalue weighted by Gasteiger charge is 2.05. The standard InChI is InChI=1S/C13H12N4O/c1-8-2-4-10(7-15-8)18-13-16-11-5-3-9(14)6-12(11)17-13/h2-7H,14H2,1H3,(H,16,17). The Balaban J connectivity index is 1.92. The van der Waals surface area contributed by atoms with Crippen molar-refractivity contribution >= 4 is 16.7 Å². The number of nitrogen functional groups attached to an aromatic ring is 1. The second kappa shape index (κ2) is 4.03. The molecule has 0 aliphatic rings. The van der Waals surface area contributed by atoms with Gasteiger partial charge in [0.15, 0.2) is 0 Å². The maximum atomic E-state index is 5.70. The molecule has 0 atom stereocenters. The third kappa shape index (κ3) is 1.98. The molecule has 2 heterocycles. The van der Waals surface area contributed by atoms with Crippen molar-refractivity contribution in [3.05, 3.63) is 42.2 Å². The molecule has 0 bridgehead atoms. The van der Waals surface area contributed by atoms with Gasteiger partial charge in [0, 0.05) is 11.4 Å². The van der Waals surface area contributed by atoms with Crippen LogP contribution in [-0.4, -0.2) is 15.0 Å². The van der Waals surface area contributed by atoms with Crippen LogP contribution in [0.1, 0.15) is 5.69 Å². The highest BCUT2D eigenvalue weighted by molar-refractivity contribution is 5.79. The lowest BCUT2D eigenvalue weighted by molar-refractivity contribution is 0.447. The van der Waals surface area contributed by atoms with Crippen molar-refractivity contribution in [1.82, 2.24) is 15.0 Å². The smallest absolute Gasteiger partial charge is 0.300 e. The van der Waals surface area contributed by atoms with Crippen molar-refractivity contribution in [2.45, 2.75) is 6.92 Å². The van der Waals surface area contributed by atoms with Crippen molar-refractivity contribution in [2.75, 3.05) is 5.73 Å². The van der Waals surface area contributed by atoms with Crippen LogP contribution in [0.2, 0.25) is 0 Å². The molecule has 5 heteroatoms. The van der Waals surface area contributed by atoms with Gasteiger partial charge in [-0.1, -0.05) is 0 Å². The predicted molar refractivity (Wildman–Crippen MR) is 69.6 cm³/mol. The molecular formula is C13H12N4O. The minimum Gasteiger partial charge on any atom is -0.424 e. The Morgan fingerprint density at radius 3 is 2.89 bits per heavy atom. The van der Waals surface area contributed by atoms with Gasteiger partial charge in [0.25, 0.3) is 6.01 Å². The molecule has 0 amide bonds. The van der Waals surface area contributed by atoms with Crippen molar-refractivity contribution in [1.29, 1.82) is 0 Å². The summed E-state index contributed by atoms with van der Waals surface area (Å²) in [6.45, 7) is 1.92. The number of aryl methyl sites for hydroxylation is 1. The number of imidazole rings is 1. The Morgan fingerprint density at radius 2 is 2.11 bits per heavy atom. The number of benzene rings is 1. The second-order valence-electron chi connectivity index (χ2n) is 4.06. The molecule has 0 aliphatic carbocycles. The zero-order valence-electron chi connectivity index (χ0n) is 9.84. The van der Waals surface area contributed by atoms with Crippen molar-refractivity contribution in [2.24, 2.45) is 0 Å². The van der Waals surface area contributed by atoms with Crippen LogP contribution in [0.15, 0.2) is 36.5 Å². The number of H-pyrrole nitrogens is 1. The first kappa shape index (κ1) is 10.6. The van der Waals surface area contributed by atoms with E-state index in [1.165, 1.54) is 0 Å². The molecule has 0 saturated heterocycles. The van der Waals surface area contributed by atoms with Gasteiger partial charge in [-0.2, -0.15) is 4.98 Å². The number of nitrogens with one attached hydrogen (secondary N) is 1. The van der Waals surface area contributed by atoms with E-state index in [1.807, 2.05) is 31.2 Å². The van der Waals surface area contributed by atoms with E-state index in [-0.39, 0.29) is 0 Å². The first-order valence-corrected chi connectivity index (χ1v) is 5.56. The van der Waals surface area contributed by atoms with Gasteiger partial charge in [0.1, 0.15) is 5.75 Å². The van der Waals surface area contributed by atoms with Crippen LogP contribution in [0.25, 0.3) is 11.0 Å². The van der Waals surface area contributed by atoms with Crippen molar-refractivity contribution in [3.63, 3.8) is 0 Å². The Kier molecular flexibility index (Phi) is 2.37. The summed E-state index contributed by atoms with van der Waals surface area (Å²) in [5.41, 5.74) is 9.01. The van der Waals surface area contributed by atoms with Crippen LogP contribution in [-0.2, 0) is 0 Å². The third-order valence-electron chi connectivity index (χ3n) is 2.58. The number of nitrogens with zero attached hydrogens (tertiary/aromatic N) is 2. The van der Waals surface area contributed by atoms with Crippen LogP contribution in [0.4, 0.5) is 5.69 Å². The maximum Gasteiger partial charge on any atom is 0.300 e. The summed E-state index contributed by atoms with van der Waals surface area (Å²) >= 11 is 0. The topological polar surface area (TPSA) is 76.8 Å². The van der Waals surface area contributed by atoms with E-state index in [2.05, 4.69) is 15.0 Å². The van der Waals surface area contributed by atoms with Gasteiger partial charge in [0.05, 0.1) is 17.2 Å². The molecule has 2 aromatic heterocycles. The molecule has 0 aliphatic heterocycles. The van der Waals surface area contributed by atoms with E-state index in [1.54, 1.807) is 12.3 Å². The minimum atomic E-state index is 0.432. The largest absolute Gasteiger partial charge is 0.424 e. The van der Waals surface area contributed by atoms with Crippen LogP contribution in [0.3, 0.4) is 0 Å². The minimum absolute atomic E-state index is 0.432. The number of hydrogen-bond donors (Lipinski definition) is 2. The molecule has 0 fully saturated rings. The van der Waals surface area contributed by atoms with Gasteiger partial charge in [-0.15, -0.1) is 0 Å². The molecule has 18 heavy (non-hydrogen) atoms. The average molecular weight is 240 g/mol. The molecule has 1 aromatic carbocycles. The summed E-state index contributed by atoms with van der Waals surface area (Å²) in [6.07, 6.45) is 1.66. The molecule has 5 nitrogen and oxygen atoms in total. The van der Waals surface area contributed by atoms with Gasteiger partial charge in [-0.3, -0.25) is 4.98 Å². The lowest BCUT2D eigenvalue weighted by Gasteiger charge is -2.00. The number of pyridine rings is 1. The van der Waals surface area contributed by atoms with Crippen LogP contribution in [0, 0.1) is 6.92 Å². The molecule has 0 spiro atoms. The number of hydrogen-bond acceptors (Lipinski definition) is 4. The molecule has 3 N–H and O–H groups in total. The number of aromatic amines is 1. The number of nitrogens with two attached hydrogens (primary N) is 1. The van der Waals surface area contributed by atoms with Crippen LogP contribution < -0.4 is 10.5 Å². The van der Waals surface area contributed by atoms with E-state index < -0.39 is 0 Å². The highest BCUT2D eigenvalue weighted by Crippen LogP contribution is 2.22. The van der Waals surface area contributed by atoms with E-state index in [9.17, 15) is 0 Å².